The van der Waals surface area contributed by atoms with E-state index >= 15 is 0 Å². The van der Waals surface area contributed by atoms with Crippen LogP contribution in [0.3, 0.4) is 0 Å². The average molecular weight is 413 g/mol. The van der Waals surface area contributed by atoms with E-state index < -0.39 is 5.97 Å². The third-order valence-corrected chi connectivity index (χ3v) is 5.25. The Morgan fingerprint density at radius 2 is 2.13 bits per heavy atom. The number of nitrogens with two attached hydrogens (primary N) is 1. The normalized spacial score (nSPS) is 19.0. The summed E-state index contributed by atoms with van der Waals surface area (Å²) in [5.74, 6) is -0.369. The van der Waals surface area contributed by atoms with E-state index in [2.05, 4.69) is 30.7 Å². The lowest BCUT2D eigenvalue weighted by Gasteiger charge is -2.27. The van der Waals surface area contributed by atoms with Crippen molar-refractivity contribution in [3.05, 3.63) is 23.5 Å². The zero-order valence-electron chi connectivity index (χ0n) is 16.8. The molecule has 3 N–H and O–H groups in total. The Balaban J connectivity index is 1.53. The van der Waals surface area contributed by atoms with E-state index in [1.165, 1.54) is 4.80 Å². The number of aryl methyl sites for hydroxylation is 2. The summed E-state index contributed by atoms with van der Waals surface area (Å²) in [5, 5.41) is 29.1. The molecule has 1 fully saturated rings. The first-order valence-electron chi connectivity index (χ1n) is 9.70. The number of aliphatic carboxylic acids is 1. The Labute approximate surface area is 172 Å². The van der Waals surface area contributed by atoms with Gasteiger partial charge in [-0.25, -0.2) is 9.67 Å². The molecular formula is C18H23N9O3. The van der Waals surface area contributed by atoms with E-state index in [0.29, 0.717) is 42.2 Å². The smallest absolute Gasteiger partial charge is 0.306 e. The maximum atomic E-state index is 11.3. The van der Waals surface area contributed by atoms with Crippen LogP contribution in [0.4, 0.5) is 5.95 Å². The number of aromatic nitrogens is 8. The predicted molar refractivity (Wildman–Crippen MR) is 104 cm³/mol. The molecule has 12 nitrogen and oxygen atoms in total. The maximum absolute atomic E-state index is 11.3. The Hall–Kier alpha value is -3.57. The Morgan fingerprint density at radius 1 is 1.30 bits per heavy atom. The standard InChI is InChI=1S/C18H23N9O3/c1-10-15(30-12-5-3-4-11(8-12)17(28)29)7-6-13(20-10)16-14(26(2)24-21-16)9-27-23-18(19)22-25-27/h6-7,11-12H,3-5,8-9H2,1-2H3,(H2,19,23)(H,28,29)/t11-,12?/m0/s1. The average Bonchev–Trinajstić information content (AvgIpc) is 3.29. The SMILES string of the molecule is Cc1nc(-c2nnn(C)c2Cn2nnc(N)n2)ccc1OC1CCC[C@H](C(=O)O)C1. The van der Waals surface area contributed by atoms with Gasteiger partial charge < -0.3 is 15.6 Å². The lowest BCUT2D eigenvalue weighted by molar-refractivity contribution is -0.143. The summed E-state index contributed by atoms with van der Waals surface area (Å²) >= 11 is 0. The first-order chi connectivity index (χ1) is 14.4. The quantitative estimate of drug-likeness (QED) is 0.592. The largest absolute Gasteiger partial charge is 0.489 e. The van der Waals surface area contributed by atoms with Gasteiger partial charge in [0.05, 0.1) is 29.1 Å². The number of ether oxygens (including phenoxy) is 1. The van der Waals surface area contributed by atoms with Crippen molar-refractivity contribution in [1.82, 2.24) is 40.2 Å². The summed E-state index contributed by atoms with van der Waals surface area (Å²) in [4.78, 5) is 17.3. The van der Waals surface area contributed by atoms with Crippen molar-refractivity contribution in [2.24, 2.45) is 13.0 Å². The number of hydrogen-bond acceptors (Lipinski definition) is 9. The highest BCUT2D eigenvalue weighted by Crippen LogP contribution is 2.30. The highest BCUT2D eigenvalue weighted by Gasteiger charge is 2.28. The summed E-state index contributed by atoms with van der Waals surface area (Å²) < 4.78 is 7.71. The molecule has 0 saturated heterocycles. The lowest BCUT2D eigenvalue weighted by atomic mass is 9.87. The molecule has 3 heterocycles. The molecule has 3 aromatic heterocycles. The number of rotatable bonds is 6. The molecule has 1 unspecified atom stereocenters. The predicted octanol–water partition coefficient (Wildman–Crippen LogP) is 0.825. The summed E-state index contributed by atoms with van der Waals surface area (Å²) in [7, 11) is 1.78. The van der Waals surface area contributed by atoms with E-state index in [0.717, 1.165) is 18.5 Å². The minimum Gasteiger partial charge on any atom is -0.489 e. The van der Waals surface area contributed by atoms with E-state index in [4.69, 9.17) is 10.5 Å². The van der Waals surface area contributed by atoms with Gasteiger partial charge in [0, 0.05) is 7.05 Å². The topological polar surface area (TPSA) is 160 Å². The Kier molecular flexibility index (Phi) is 5.29. The van der Waals surface area contributed by atoms with Gasteiger partial charge in [0.25, 0.3) is 5.95 Å². The molecule has 0 aromatic carbocycles. The summed E-state index contributed by atoms with van der Waals surface area (Å²) in [6, 6.07) is 3.66. The molecule has 0 radical (unpaired) electrons. The highest BCUT2D eigenvalue weighted by molar-refractivity contribution is 5.70. The minimum absolute atomic E-state index is 0.0926. The number of carboxylic acid groups (broad SMARTS) is 1. The van der Waals surface area contributed by atoms with Gasteiger partial charge in [-0.05, 0) is 50.0 Å². The van der Waals surface area contributed by atoms with Gasteiger partial charge >= 0.3 is 5.97 Å². The van der Waals surface area contributed by atoms with Crippen molar-refractivity contribution in [3.63, 3.8) is 0 Å². The van der Waals surface area contributed by atoms with Crippen LogP contribution in [0, 0.1) is 12.8 Å². The minimum atomic E-state index is -0.757. The van der Waals surface area contributed by atoms with Crippen LogP contribution < -0.4 is 10.5 Å². The lowest BCUT2D eigenvalue weighted by Crippen LogP contribution is -2.29. The van der Waals surface area contributed by atoms with E-state index in [-0.39, 0.29) is 18.0 Å². The van der Waals surface area contributed by atoms with Crippen molar-refractivity contribution in [3.8, 4) is 17.1 Å². The number of hydrogen-bond donors (Lipinski definition) is 2. The fraction of sp³-hybridized carbons (Fsp3) is 0.500. The third-order valence-electron chi connectivity index (χ3n) is 5.25. The van der Waals surface area contributed by atoms with Crippen LogP contribution in [0.25, 0.3) is 11.4 Å². The number of nitrogens with zero attached hydrogens (tertiary/aromatic N) is 8. The zero-order chi connectivity index (χ0) is 21.3. The van der Waals surface area contributed by atoms with Crippen LogP contribution in [-0.4, -0.2) is 57.4 Å². The molecule has 0 spiro atoms. The molecule has 2 atom stereocenters. The van der Waals surface area contributed by atoms with Gasteiger partial charge in [-0.2, -0.15) is 4.80 Å². The molecule has 1 aliphatic carbocycles. The van der Waals surface area contributed by atoms with Crippen molar-refractivity contribution < 1.29 is 14.6 Å². The molecule has 12 heteroatoms. The molecule has 0 bridgehead atoms. The van der Waals surface area contributed by atoms with Crippen LogP contribution in [0.2, 0.25) is 0 Å². The van der Waals surface area contributed by atoms with Crippen molar-refractivity contribution in [2.45, 2.75) is 45.3 Å². The number of anilines is 1. The molecule has 1 aliphatic rings. The third kappa shape index (κ3) is 4.07. The van der Waals surface area contributed by atoms with E-state index in [1.807, 2.05) is 19.1 Å². The van der Waals surface area contributed by atoms with Crippen LogP contribution in [0.5, 0.6) is 5.75 Å². The molecule has 158 valence electrons. The number of carbonyl (C=O) groups is 1. The molecule has 30 heavy (non-hydrogen) atoms. The number of carboxylic acids is 1. The van der Waals surface area contributed by atoms with E-state index in [1.54, 1.807) is 11.7 Å². The van der Waals surface area contributed by atoms with Crippen molar-refractivity contribution in [2.75, 3.05) is 5.73 Å². The number of tetrazole rings is 1. The maximum Gasteiger partial charge on any atom is 0.306 e. The van der Waals surface area contributed by atoms with Crippen LogP contribution in [-0.2, 0) is 18.4 Å². The van der Waals surface area contributed by atoms with Gasteiger partial charge in [-0.3, -0.25) is 4.79 Å². The fourth-order valence-corrected chi connectivity index (χ4v) is 3.67. The zero-order valence-corrected chi connectivity index (χ0v) is 16.8. The second-order valence-electron chi connectivity index (χ2n) is 7.41. The first-order valence-corrected chi connectivity index (χ1v) is 9.70. The van der Waals surface area contributed by atoms with Crippen LogP contribution in [0.1, 0.15) is 37.1 Å². The van der Waals surface area contributed by atoms with Gasteiger partial charge in [0.2, 0.25) is 0 Å². The summed E-state index contributed by atoms with van der Waals surface area (Å²) in [6.07, 6.45) is 2.78. The highest BCUT2D eigenvalue weighted by atomic mass is 16.5. The molecule has 0 aliphatic heterocycles. The summed E-state index contributed by atoms with van der Waals surface area (Å²) in [6.45, 7) is 2.15. The van der Waals surface area contributed by atoms with E-state index in [9.17, 15) is 9.90 Å². The van der Waals surface area contributed by atoms with Crippen molar-refractivity contribution in [1.29, 1.82) is 0 Å². The van der Waals surface area contributed by atoms with Crippen molar-refractivity contribution >= 4 is 11.9 Å². The fourth-order valence-electron chi connectivity index (χ4n) is 3.67. The molecule has 3 aromatic rings. The number of nitrogen functional groups attached to an aromatic ring is 1. The molecule has 4 rings (SSSR count). The monoisotopic (exact) mass is 413 g/mol. The van der Waals surface area contributed by atoms with Crippen LogP contribution >= 0.6 is 0 Å². The molecule has 1 saturated carbocycles. The Morgan fingerprint density at radius 3 is 2.83 bits per heavy atom. The van der Waals surface area contributed by atoms with Crippen LogP contribution in [0.15, 0.2) is 12.1 Å². The molecule has 0 amide bonds. The van der Waals surface area contributed by atoms with Gasteiger partial charge in [0.15, 0.2) is 0 Å². The second kappa shape index (κ2) is 8.05. The second-order valence-corrected chi connectivity index (χ2v) is 7.41. The molecular weight excluding hydrogens is 390 g/mol. The first kappa shape index (κ1) is 19.7. The van der Waals surface area contributed by atoms with Gasteiger partial charge in [-0.15, -0.1) is 10.2 Å². The number of pyridine rings is 1. The Bertz CT molecular complexity index is 1060. The van der Waals surface area contributed by atoms with Gasteiger partial charge in [0.1, 0.15) is 18.0 Å². The summed E-state index contributed by atoms with van der Waals surface area (Å²) in [5.41, 5.74) is 8.23. The van der Waals surface area contributed by atoms with Gasteiger partial charge in [-0.1, -0.05) is 10.3 Å².